The Hall–Kier alpha value is -4.65. The number of hydrogen-bond acceptors (Lipinski definition) is 6. The molecule has 0 amide bonds. The van der Waals surface area contributed by atoms with E-state index in [1.165, 1.54) is 6.92 Å². The molecule has 0 bridgehead atoms. The van der Waals surface area contributed by atoms with Crippen LogP contribution in [0.2, 0.25) is 0 Å². The quantitative estimate of drug-likeness (QED) is 0.198. The molecule has 2 heterocycles. The summed E-state index contributed by atoms with van der Waals surface area (Å²) < 4.78 is 6.42. The van der Waals surface area contributed by atoms with E-state index in [0.29, 0.717) is 23.0 Å². The molecule has 0 aliphatic heterocycles. The first kappa shape index (κ1) is 24.1. The van der Waals surface area contributed by atoms with Crippen LogP contribution in [0.4, 0.5) is 0 Å². The third kappa shape index (κ3) is 4.89. The molecule has 0 radical (unpaired) electrons. The second-order valence-electron chi connectivity index (χ2n) is 9.67. The van der Waals surface area contributed by atoms with Crippen molar-refractivity contribution in [2.24, 2.45) is 0 Å². The number of carbonyl (C=O) groups excluding carboxylic acids is 1. The Morgan fingerprint density at radius 1 is 0.865 bits per heavy atom. The molecule has 7 heteroatoms. The van der Waals surface area contributed by atoms with Crippen molar-refractivity contribution in [1.82, 2.24) is 15.2 Å². The Labute approximate surface area is 215 Å². The van der Waals surface area contributed by atoms with Crippen molar-refractivity contribution in [3.05, 3.63) is 90.6 Å². The fourth-order valence-corrected chi connectivity index (χ4v) is 4.35. The fourth-order valence-electron chi connectivity index (χ4n) is 4.35. The van der Waals surface area contributed by atoms with Crippen molar-refractivity contribution in [2.45, 2.75) is 33.1 Å². The molecule has 1 N–H and O–H groups in total. The van der Waals surface area contributed by atoms with E-state index in [0.717, 1.165) is 33.6 Å². The zero-order chi connectivity index (χ0) is 26.0. The van der Waals surface area contributed by atoms with E-state index < -0.39 is 5.97 Å². The number of H-pyrrole nitrogens is 1. The Morgan fingerprint density at radius 2 is 1.54 bits per heavy atom. The topological polar surface area (TPSA) is 90.2 Å². The lowest BCUT2D eigenvalue weighted by atomic mass is 9.81. The first-order chi connectivity index (χ1) is 17.8. The monoisotopic (exact) mass is 493 g/mol. The van der Waals surface area contributed by atoms with Gasteiger partial charge in [-0.15, -0.1) is 0 Å². The van der Waals surface area contributed by atoms with Crippen LogP contribution in [0, 0.1) is 0 Å². The molecule has 0 unspecified atom stereocenters. The molecule has 0 atom stereocenters. The Bertz CT molecular complexity index is 1470. The van der Waals surface area contributed by atoms with E-state index in [2.05, 4.69) is 31.0 Å². The van der Waals surface area contributed by atoms with Gasteiger partial charge in [-0.2, -0.15) is 5.10 Å². The lowest BCUT2D eigenvalue weighted by molar-refractivity contribution is -0.211. The van der Waals surface area contributed by atoms with Crippen LogP contribution in [0.1, 0.15) is 33.3 Å². The number of oxazole rings is 1. The summed E-state index contributed by atoms with van der Waals surface area (Å²) in [7, 11) is 0. The van der Waals surface area contributed by atoms with E-state index in [1.807, 2.05) is 72.8 Å². The van der Waals surface area contributed by atoms with E-state index in [4.69, 9.17) is 19.2 Å². The van der Waals surface area contributed by atoms with E-state index in [1.54, 1.807) is 12.3 Å². The highest BCUT2D eigenvalue weighted by molar-refractivity contribution is 5.84. The van der Waals surface area contributed by atoms with E-state index in [9.17, 15) is 4.79 Å². The molecule has 0 aliphatic carbocycles. The number of nitrogens with zero attached hydrogens (tertiary/aromatic N) is 2. The van der Waals surface area contributed by atoms with Gasteiger partial charge in [0.05, 0.1) is 17.5 Å². The first-order valence-corrected chi connectivity index (χ1v) is 12.0. The molecule has 0 spiro atoms. The summed E-state index contributed by atoms with van der Waals surface area (Å²) in [5.74, 6) is 1.03. The van der Waals surface area contributed by atoms with Crippen LogP contribution < -0.4 is 4.89 Å². The van der Waals surface area contributed by atoms with Gasteiger partial charge in [0, 0.05) is 29.2 Å². The summed E-state index contributed by atoms with van der Waals surface area (Å²) in [6.45, 7) is 7.49. The summed E-state index contributed by atoms with van der Waals surface area (Å²) in [5, 5.41) is 7.46. The summed E-state index contributed by atoms with van der Waals surface area (Å²) in [6, 6.07) is 25.4. The number of benzene rings is 3. The largest absolute Gasteiger partial charge is 0.435 e. The summed E-state index contributed by atoms with van der Waals surface area (Å²) in [5.41, 5.74) is 5.39. The Kier molecular flexibility index (Phi) is 6.36. The lowest BCUT2D eigenvalue weighted by Crippen LogP contribution is -2.16. The number of nitrogens with one attached hydrogen (secondary N) is 1. The number of aromatic amines is 1. The highest BCUT2D eigenvalue weighted by Crippen LogP contribution is 2.43. The second-order valence-corrected chi connectivity index (χ2v) is 9.67. The third-order valence-electron chi connectivity index (χ3n) is 5.87. The van der Waals surface area contributed by atoms with Crippen LogP contribution in [0.3, 0.4) is 0 Å². The summed E-state index contributed by atoms with van der Waals surface area (Å²) >= 11 is 0. The molecule has 7 nitrogen and oxygen atoms in total. The minimum absolute atomic E-state index is 0.352. The van der Waals surface area contributed by atoms with Gasteiger partial charge in [-0.3, -0.25) is 14.9 Å². The van der Waals surface area contributed by atoms with Crippen LogP contribution in [-0.4, -0.2) is 21.2 Å². The minimum Gasteiger partial charge on any atom is -0.435 e. The van der Waals surface area contributed by atoms with Crippen LogP contribution in [0.25, 0.3) is 45.3 Å². The van der Waals surface area contributed by atoms with Gasteiger partial charge < -0.3 is 4.42 Å². The average Bonchev–Trinajstić information content (AvgIpc) is 3.55. The maximum Gasteiger partial charge on any atom is 0.352 e. The first-order valence-electron chi connectivity index (χ1n) is 12.0. The smallest absolute Gasteiger partial charge is 0.352 e. The molecule has 2 aromatic heterocycles. The maximum absolute atomic E-state index is 11.4. The molecule has 5 rings (SSSR count). The molecule has 37 heavy (non-hydrogen) atoms. The van der Waals surface area contributed by atoms with Gasteiger partial charge in [-0.05, 0) is 11.5 Å². The van der Waals surface area contributed by atoms with Crippen LogP contribution in [0.5, 0.6) is 5.75 Å². The third-order valence-corrected chi connectivity index (χ3v) is 5.87. The number of rotatable bonds is 6. The molecule has 5 aromatic rings. The maximum atomic E-state index is 11.4. The van der Waals surface area contributed by atoms with E-state index in [-0.39, 0.29) is 5.41 Å². The predicted octanol–water partition coefficient (Wildman–Crippen LogP) is 7.22. The van der Waals surface area contributed by atoms with Gasteiger partial charge in [-0.1, -0.05) is 93.6 Å². The van der Waals surface area contributed by atoms with Crippen LogP contribution in [-0.2, 0) is 15.1 Å². The minimum atomic E-state index is -0.533. The number of hydrogen-bond donors (Lipinski definition) is 1. The molecular formula is C30H27N3O4. The molecule has 0 saturated heterocycles. The van der Waals surface area contributed by atoms with Crippen molar-refractivity contribution in [2.75, 3.05) is 0 Å². The highest BCUT2D eigenvalue weighted by Gasteiger charge is 2.28. The van der Waals surface area contributed by atoms with Crippen LogP contribution >= 0.6 is 0 Å². The molecule has 3 aromatic carbocycles. The average molecular weight is 494 g/mol. The molecule has 0 fully saturated rings. The van der Waals surface area contributed by atoms with Gasteiger partial charge in [0.15, 0.2) is 11.5 Å². The zero-order valence-electron chi connectivity index (χ0n) is 21.1. The lowest BCUT2D eigenvalue weighted by Gasteiger charge is -2.25. The number of aromatic nitrogens is 3. The summed E-state index contributed by atoms with van der Waals surface area (Å²) in [6.07, 6.45) is 1.71. The standard InChI is InChI=1S/C30H27N3O4/c1-19(34)36-37-24-17-11-16-22(25(24)30(2,3)4)27-23(18-31-33-27)29-32-26(20-12-7-5-8-13-20)28(35-29)21-14-9-6-10-15-21/h5-18H,1-4H3,(H,31,33). The van der Waals surface area contributed by atoms with Crippen molar-refractivity contribution in [3.63, 3.8) is 0 Å². The van der Waals surface area contributed by atoms with Gasteiger partial charge >= 0.3 is 5.97 Å². The number of carbonyl (C=O) groups is 1. The molecular weight excluding hydrogens is 466 g/mol. The Balaban J connectivity index is 1.67. The van der Waals surface area contributed by atoms with Crippen molar-refractivity contribution < 1.29 is 19.0 Å². The SMILES string of the molecule is CC(=O)OOc1cccc(-c2[nH]ncc2-c2nc(-c3ccccc3)c(-c3ccccc3)o2)c1C(C)(C)C. The van der Waals surface area contributed by atoms with Gasteiger partial charge in [0.2, 0.25) is 5.89 Å². The van der Waals surface area contributed by atoms with Gasteiger partial charge in [0.25, 0.3) is 0 Å². The van der Waals surface area contributed by atoms with Crippen molar-refractivity contribution >= 4 is 5.97 Å². The van der Waals surface area contributed by atoms with Gasteiger partial charge in [-0.25, -0.2) is 9.78 Å². The van der Waals surface area contributed by atoms with Crippen LogP contribution in [0.15, 0.2) is 89.5 Å². The van der Waals surface area contributed by atoms with Crippen molar-refractivity contribution in [3.8, 4) is 51.0 Å². The summed E-state index contributed by atoms with van der Waals surface area (Å²) in [4.78, 5) is 26.6. The zero-order valence-corrected chi connectivity index (χ0v) is 21.1. The van der Waals surface area contributed by atoms with E-state index >= 15 is 0 Å². The normalized spacial score (nSPS) is 11.4. The van der Waals surface area contributed by atoms with Gasteiger partial charge in [0.1, 0.15) is 5.69 Å². The second kappa shape index (κ2) is 9.78. The fraction of sp³-hybridized carbons (Fsp3) is 0.167. The highest BCUT2D eigenvalue weighted by atomic mass is 17.2. The molecule has 0 saturated carbocycles. The molecule has 186 valence electrons. The van der Waals surface area contributed by atoms with Crippen molar-refractivity contribution in [1.29, 1.82) is 0 Å². The Morgan fingerprint density at radius 3 is 2.19 bits per heavy atom. The predicted molar refractivity (Wildman–Crippen MR) is 141 cm³/mol. The molecule has 0 aliphatic rings.